The lowest BCUT2D eigenvalue weighted by Gasteiger charge is -2.25. The van der Waals surface area contributed by atoms with E-state index in [2.05, 4.69) is 11.9 Å². The highest BCUT2D eigenvalue weighted by Gasteiger charge is 2.20. The normalized spacial score (nSPS) is 11.0. The van der Waals surface area contributed by atoms with Gasteiger partial charge in [0.25, 0.3) is 0 Å². The van der Waals surface area contributed by atoms with Crippen molar-refractivity contribution in [3.05, 3.63) is 12.7 Å². The van der Waals surface area contributed by atoms with Gasteiger partial charge in [0.05, 0.1) is 6.61 Å². The first kappa shape index (κ1) is 16.6. The summed E-state index contributed by atoms with van der Waals surface area (Å²) in [5.74, 6) is -0.928. The Labute approximate surface area is 108 Å². The van der Waals surface area contributed by atoms with E-state index < -0.39 is 11.5 Å². The fourth-order valence-electron chi connectivity index (χ4n) is 1.42. The predicted molar refractivity (Wildman–Crippen MR) is 69.3 cm³/mol. The third-order valence-corrected chi connectivity index (χ3v) is 2.37. The SMILES string of the molecule is C=CCOCCCC(=O)NC(C)(C)CCC(=O)O. The Bertz CT molecular complexity index is 287. The number of aliphatic carboxylic acids is 1. The summed E-state index contributed by atoms with van der Waals surface area (Å²) in [4.78, 5) is 22.1. The molecule has 0 aromatic rings. The molecule has 0 aliphatic carbocycles. The Morgan fingerprint density at radius 1 is 1.39 bits per heavy atom. The van der Waals surface area contributed by atoms with Crippen LogP contribution in [0.15, 0.2) is 12.7 Å². The summed E-state index contributed by atoms with van der Waals surface area (Å²) in [6.07, 6.45) is 3.16. The largest absolute Gasteiger partial charge is 0.481 e. The van der Waals surface area contributed by atoms with Gasteiger partial charge in [-0.2, -0.15) is 0 Å². The Morgan fingerprint density at radius 3 is 2.61 bits per heavy atom. The molecule has 0 atom stereocenters. The second-order valence-corrected chi connectivity index (χ2v) is 4.79. The maximum atomic E-state index is 11.6. The fourth-order valence-corrected chi connectivity index (χ4v) is 1.42. The molecule has 0 aliphatic heterocycles. The molecule has 0 unspecified atom stereocenters. The monoisotopic (exact) mass is 257 g/mol. The first-order valence-electron chi connectivity index (χ1n) is 6.09. The van der Waals surface area contributed by atoms with Crippen LogP contribution in [-0.2, 0) is 14.3 Å². The van der Waals surface area contributed by atoms with E-state index in [1.54, 1.807) is 6.08 Å². The molecule has 0 aromatic carbocycles. The molecule has 0 heterocycles. The number of rotatable bonds is 10. The molecular weight excluding hydrogens is 234 g/mol. The first-order chi connectivity index (χ1) is 8.37. The van der Waals surface area contributed by atoms with Gasteiger partial charge >= 0.3 is 5.97 Å². The van der Waals surface area contributed by atoms with Gasteiger partial charge in [0.15, 0.2) is 0 Å². The van der Waals surface area contributed by atoms with E-state index in [1.165, 1.54) is 0 Å². The molecule has 0 spiro atoms. The van der Waals surface area contributed by atoms with Gasteiger partial charge in [-0.05, 0) is 26.7 Å². The molecule has 0 aliphatic rings. The van der Waals surface area contributed by atoms with Gasteiger partial charge in [-0.3, -0.25) is 9.59 Å². The van der Waals surface area contributed by atoms with Crippen LogP contribution in [0.2, 0.25) is 0 Å². The molecule has 5 heteroatoms. The van der Waals surface area contributed by atoms with Gasteiger partial charge in [-0.1, -0.05) is 6.08 Å². The number of carboxylic acid groups (broad SMARTS) is 1. The van der Waals surface area contributed by atoms with Crippen molar-refractivity contribution in [3.63, 3.8) is 0 Å². The van der Waals surface area contributed by atoms with Crippen molar-refractivity contribution in [1.82, 2.24) is 5.32 Å². The van der Waals surface area contributed by atoms with E-state index >= 15 is 0 Å². The van der Waals surface area contributed by atoms with E-state index in [4.69, 9.17) is 9.84 Å². The third-order valence-electron chi connectivity index (χ3n) is 2.37. The van der Waals surface area contributed by atoms with Crippen molar-refractivity contribution in [2.45, 2.75) is 45.1 Å². The van der Waals surface area contributed by atoms with Crippen molar-refractivity contribution in [3.8, 4) is 0 Å². The Balaban J connectivity index is 3.77. The molecule has 0 bridgehead atoms. The van der Waals surface area contributed by atoms with Gasteiger partial charge in [0.1, 0.15) is 0 Å². The Morgan fingerprint density at radius 2 is 2.06 bits per heavy atom. The molecule has 0 radical (unpaired) electrons. The van der Waals surface area contributed by atoms with E-state index in [9.17, 15) is 9.59 Å². The molecule has 2 N–H and O–H groups in total. The average Bonchev–Trinajstić information content (AvgIpc) is 2.26. The number of nitrogens with one attached hydrogen (secondary N) is 1. The number of amides is 1. The number of carbonyl (C=O) groups is 2. The quantitative estimate of drug-likeness (QED) is 0.461. The molecule has 0 saturated heterocycles. The summed E-state index contributed by atoms with van der Waals surface area (Å²) >= 11 is 0. The van der Waals surface area contributed by atoms with E-state index in [1.807, 2.05) is 13.8 Å². The zero-order valence-electron chi connectivity index (χ0n) is 11.2. The van der Waals surface area contributed by atoms with Gasteiger partial charge in [0, 0.05) is 25.0 Å². The van der Waals surface area contributed by atoms with Crippen LogP contribution in [0.1, 0.15) is 39.5 Å². The first-order valence-corrected chi connectivity index (χ1v) is 6.09. The summed E-state index contributed by atoms with van der Waals surface area (Å²) < 4.78 is 5.17. The molecule has 0 fully saturated rings. The number of carbonyl (C=O) groups excluding carboxylic acids is 1. The fraction of sp³-hybridized carbons (Fsp3) is 0.692. The Hall–Kier alpha value is -1.36. The van der Waals surface area contributed by atoms with Crippen LogP contribution in [-0.4, -0.2) is 35.7 Å². The molecule has 5 nitrogen and oxygen atoms in total. The predicted octanol–water partition coefficient (Wildman–Crippen LogP) is 1.73. The molecule has 0 aromatic heterocycles. The maximum absolute atomic E-state index is 11.6. The van der Waals surface area contributed by atoms with Crippen LogP contribution in [0, 0.1) is 0 Å². The molecule has 1 amide bonds. The van der Waals surface area contributed by atoms with Crippen molar-refractivity contribution in [2.24, 2.45) is 0 Å². The minimum atomic E-state index is -0.852. The minimum Gasteiger partial charge on any atom is -0.481 e. The van der Waals surface area contributed by atoms with Crippen molar-refractivity contribution >= 4 is 11.9 Å². The number of ether oxygens (including phenoxy) is 1. The summed E-state index contributed by atoms with van der Waals surface area (Å²) in [7, 11) is 0. The lowest BCUT2D eigenvalue weighted by molar-refractivity contribution is -0.137. The smallest absolute Gasteiger partial charge is 0.303 e. The second-order valence-electron chi connectivity index (χ2n) is 4.79. The third kappa shape index (κ3) is 9.84. The number of hydrogen-bond acceptors (Lipinski definition) is 3. The van der Waals surface area contributed by atoms with E-state index in [-0.39, 0.29) is 12.3 Å². The standard InChI is InChI=1S/C13H23NO4/c1-4-9-18-10-5-6-11(15)14-13(2,3)8-7-12(16)17/h4H,1,5-10H2,2-3H3,(H,14,15)(H,16,17). The molecule has 0 rings (SSSR count). The molecule has 18 heavy (non-hydrogen) atoms. The van der Waals surface area contributed by atoms with Gasteiger partial charge < -0.3 is 15.2 Å². The molecule has 104 valence electrons. The van der Waals surface area contributed by atoms with Crippen molar-refractivity contribution < 1.29 is 19.4 Å². The minimum absolute atomic E-state index is 0.0513. The van der Waals surface area contributed by atoms with Crippen LogP contribution >= 0.6 is 0 Å². The van der Waals surface area contributed by atoms with E-state index in [0.717, 1.165) is 0 Å². The zero-order chi connectivity index (χ0) is 14.0. The van der Waals surface area contributed by atoms with Crippen LogP contribution in [0.5, 0.6) is 0 Å². The van der Waals surface area contributed by atoms with Crippen LogP contribution in [0.3, 0.4) is 0 Å². The lowest BCUT2D eigenvalue weighted by Crippen LogP contribution is -2.43. The van der Waals surface area contributed by atoms with Gasteiger partial charge in [-0.15, -0.1) is 6.58 Å². The highest BCUT2D eigenvalue weighted by molar-refractivity contribution is 5.76. The highest BCUT2D eigenvalue weighted by atomic mass is 16.5. The summed E-state index contributed by atoms with van der Waals surface area (Å²) in [6.45, 7) is 8.18. The van der Waals surface area contributed by atoms with Crippen molar-refractivity contribution in [2.75, 3.05) is 13.2 Å². The lowest BCUT2D eigenvalue weighted by atomic mass is 9.98. The van der Waals surface area contributed by atoms with Crippen molar-refractivity contribution in [1.29, 1.82) is 0 Å². The molecule has 0 saturated carbocycles. The Kier molecular flexibility index (Phi) is 8.03. The van der Waals surface area contributed by atoms with Gasteiger partial charge in [-0.25, -0.2) is 0 Å². The summed E-state index contributed by atoms with van der Waals surface area (Å²) in [6, 6.07) is 0. The second kappa shape index (κ2) is 8.69. The maximum Gasteiger partial charge on any atom is 0.303 e. The van der Waals surface area contributed by atoms with Crippen LogP contribution in [0.4, 0.5) is 0 Å². The van der Waals surface area contributed by atoms with Crippen LogP contribution in [0.25, 0.3) is 0 Å². The molecular formula is C13H23NO4. The highest BCUT2D eigenvalue weighted by Crippen LogP contribution is 2.11. The summed E-state index contributed by atoms with van der Waals surface area (Å²) in [5.41, 5.74) is -0.489. The van der Waals surface area contributed by atoms with Gasteiger partial charge in [0.2, 0.25) is 5.91 Å². The zero-order valence-corrected chi connectivity index (χ0v) is 11.2. The topological polar surface area (TPSA) is 75.6 Å². The van der Waals surface area contributed by atoms with Crippen LogP contribution < -0.4 is 5.32 Å². The van der Waals surface area contributed by atoms with E-state index in [0.29, 0.717) is 32.5 Å². The number of hydrogen-bond donors (Lipinski definition) is 2. The summed E-state index contributed by atoms with van der Waals surface area (Å²) in [5, 5.41) is 11.4. The average molecular weight is 257 g/mol. The number of carboxylic acids is 1.